The van der Waals surface area contributed by atoms with Gasteiger partial charge in [0.15, 0.2) is 28.2 Å². The van der Waals surface area contributed by atoms with Gasteiger partial charge in [-0.15, -0.1) is 0 Å². The highest BCUT2D eigenvalue weighted by Gasteiger charge is 2.34. The molecule has 0 aromatic heterocycles. The lowest BCUT2D eigenvalue weighted by Crippen LogP contribution is -2.14. The van der Waals surface area contributed by atoms with Gasteiger partial charge in [-0.25, -0.2) is 17.6 Å². The molecule has 0 heterocycles. The van der Waals surface area contributed by atoms with Crippen molar-refractivity contribution < 1.29 is 30.5 Å². The smallest absolute Gasteiger partial charge is 0.282 e. The molecule has 230 valence electrons. The van der Waals surface area contributed by atoms with Crippen molar-refractivity contribution in [1.82, 2.24) is 0 Å². The molecule has 2 aromatic carbocycles. The maximum Gasteiger partial charge on any atom is 0.300 e. The molecule has 0 spiro atoms. The number of halogens is 4. The summed E-state index contributed by atoms with van der Waals surface area (Å²) in [4.78, 5) is -2.30. The Morgan fingerprint density at radius 3 is 1.78 bits per heavy atom. The zero-order valence-corrected chi connectivity index (χ0v) is 26.3. The summed E-state index contributed by atoms with van der Waals surface area (Å²) in [6, 6.07) is 4.33. The Morgan fingerprint density at radius 1 is 0.805 bits per heavy atom. The van der Waals surface area contributed by atoms with Crippen LogP contribution >= 0.6 is 11.8 Å². The minimum absolute atomic E-state index is 0.0984. The van der Waals surface area contributed by atoms with Crippen LogP contribution in [0.1, 0.15) is 146 Å². The standard InChI is InChI=1S/C30H38F4O3S2.C2H6/c1-3-11-18(4-2)22-16-21(19-12-7-5-8-13-19)17-23(20-14-9-6-10-15-20)28(22)38-29-24(31)26(33)30(39(35,36)37)27(34)25(29)32;1-2/h16-20H,3-15H2,1-2H3,(H,35,36,37);1-2H3. The van der Waals surface area contributed by atoms with Crippen molar-refractivity contribution in [1.29, 1.82) is 0 Å². The van der Waals surface area contributed by atoms with Gasteiger partial charge in [-0.2, -0.15) is 8.42 Å². The van der Waals surface area contributed by atoms with Gasteiger partial charge in [-0.1, -0.05) is 96.5 Å². The van der Waals surface area contributed by atoms with Gasteiger partial charge in [0.2, 0.25) is 0 Å². The molecule has 2 aliphatic carbocycles. The van der Waals surface area contributed by atoms with Crippen LogP contribution in [-0.2, 0) is 10.1 Å². The molecule has 2 aromatic rings. The molecule has 2 saturated carbocycles. The van der Waals surface area contributed by atoms with Gasteiger partial charge in [-0.3, -0.25) is 4.55 Å². The third-order valence-electron chi connectivity index (χ3n) is 8.50. The molecule has 1 N–H and O–H groups in total. The Hall–Kier alpha value is -1.58. The fourth-order valence-corrected chi connectivity index (χ4v) is 8.33. The van der Waals surface area contributed by atoms with E-state index in [0.29, 0.717) is 22.6 Å². The second-order valence-corrected chi connectivity index (χ2v) is 13.5. The van der Waals surface area contributed by atoms with E-state index >= 15 is 8.78 Å². The van der Waals surface area contributed by atoms with Crippen molar-refractivity contribution in [2.24, 2.45) is 0 Å². The molecular weight excluding hydrogens is 572 g/mol. The van der Waals surface area contributed by atoms with E-state index in [0.717, 1.165) is 88.2 Å². The van der Waals surface area contributed by atoms with Gasteiger partial charge in [0.25, 0.3) is 0 Å². The lowest BCUT2D eigenvalue weighted by Gasteiger charge is -2.31. The molecule has 4 rings (SSSR count). The second kappa shape index (κ2) is 15.2. The predicted molar refractivity (Wildman–Crippen MR) is 158 cm³/mol. The van der Waals surface area contributed by atoms with Crippen LogP contribution < -0.4 is 0 Å². The molecular formula is C32H44F4O3S2. The van der Waals surface area contributed by atoms with E-state index in [-0.39, 0.29) is 11.8 Å². The van der Waals surface area contributed by atoms with E-state index in [1.165, 1.54) is 12.0 Å². The Labute approximate surface area is 247 Å². The van der Waals surface area contributed by atoms with Crippen molar-refractivity contribution in [2.45, 2.75) is 144 Å². The fourth-order valence-electron chi connectivity index (χ4n) is 6.45. The molecule has 0 bridgehead atoms. The summed E-state index contributed by atoms with van der Waals surface area (Å²) < 4.78 is 92.2. The van der Waals surface area contributed by atoms with Crippen LogP contribution in [-0.4, -0.2) is 13.0 Å². The molecule has 1 atom stereocenters. The molecule has 9 heteroatoms. The van der Waals surface area contributed by atoms with Crippen LogP contribution in [0.15, 0.2) is 26.8 Å². The van der Waals surface area contributed by atoms with Crippen molar-refractivity contribution in [2.75, 3.05) is 0 Å². The van der Waals surface area contributed by atoms with Crippen molar-refractivity contribution in [3.05, 3.63) is 52.1 Å². The van der Waals surface area contributed by atoms with Crippen molar-refractivity contribution in [3.8, 4) is 0 Å². The third-order valence-corrected chi connectivity index (χ3v) is 10.6. The minimum Gasteiger partial charge on any atom is -0.282 e. The first-order chi connectivity index (χ1) is 19.6. The summed E-state index contributed by atoms with van der Waals surface area (Å²) >= 11 is 0.654. The lowest BCUT2D eigenvalue weighted by molar-refractivity contribution is 0.384. The van der Waals surface area contributed by atoms with Crippen LogP contribution in [0.5, 0.6) is 0 Å². The van der Waals surface area contributed by atoms with Crippen LogP contribution in [0.4, 0.5) is 17.6 Å². The van der Waals surface area contributed by atoms with E-state index in [2.05, 4.69) is 26.0 Å². The molecule has 2 fully saturated rings. The normalized spacial score (nSPS) is 17.7. The lowest BCUT2D eigenvalue weighted by atomic mass is 9.77. The zero-order chi connectivity index (χ0) is 30.3. The van der Waals surface area contributed by atoms with E-state index < -0.39 is 43.2 Å². The first kappa shape index (κ1) is 33.9. The molecule has 3 nitrogen and oxygen atoms in total. The number of hydrogen-bond donors (Lipinski definition) is 1. The van der Waals surface area contributed by atoms with E-state index in [4.69, 9.17) is 0 Å². The average molecular weight is 617 g/mol. The number of rotatable bonds is 9. The van der Waals surface area contributed by atoms with Gasteiger partial charge in [-0.05, 0) is 73.0 Å². The molecule has 1 unspecified atom stereocenters. The molecule has 0 saturated heterocycles. The Bertz CT molecular complexity index is 1230. The largest absolute Gasteiger partial charge is 0.300 e. The van der Waals surface area contributed by atoms with E-state index in [1.54, 1.807) is 0 Å². The highest BCUT2D eigenvalue weighted by molar-refractivity contribution is 7.99. The predicted octanol–water partition coefficient (Wildman–Crippen LogP) is 11.1. The maximum absolute atomic E-state index is 15.2. The summed E-state index contributed by atoms with van der Waals surface area (Å²) in [6.45, 7) is 8.16. The van der Waals surface area contributed by atoms with Gasteiger partial charge < -0.3 is 0 Å². The summed E-state index contributed by atoms with van der Waals surface area (Å²) in [7, 11) is -5.51. The first-order valence-corrected chi connectivity index (χ1v) is 17.5. The summed E-state index contributed by atoms with van der Waals surface area (Å²) in [5.74, 6) is -7.17. The molecule has 0 radical (unpaired) electrons. The van der Waals surface area contributed by atoms with Crippen LogP contribution in [0.2, 0.25) is 0 Å². The topological polar surface area (TPSA) is 54.4 Å². The molecule has 0 amide bonds. The number of benzene rings is 2. The van der Waals surface area contributed by atoms with Crippen molar-refractivity contribution in [3.63, 3.8) is 0 Å². The molecule has 41 heavy (non-hydrogen) atoms. The number of hydrogen-bond acceptors (Lipinski definition) is 3. The van der Waals surface area contributed by atoms with Crippen molar-refractivity contribution >= 4 is 21.9 Å². The Balaban J connectivity index is 0.00000226. The first-order valence-electron chi connectivity index (χ1n) is 15.3. The average Bonchev–Trinajstić information content (AvgIpc) is 2.98. The SMILES string of the molecule is CC.CCCC(CC)c1cc(C2CCCCC2)cc(C2CCCCC2)c1Sc1c(F)c(F)c(S(=O)(=O)O)c(F)c1F. The van der Waals surface area contributed by atoms with Gasteiger partial charge in [0.05, 0.1) is 4.90 Å². The van der Waals surface area contributed by atoms with Crippen LogP contribution in [0.25, 0.3) is 0 Å². The third kappa shape index (κ3) is 7.69. The Morgan fingerprint density at radius 2 is 1.32 bits per heavy atom. The zero-order valence-electron chi connectivity index (χ0n) is 24.7. The van der Waals surface area contributed by atoms with Crippen LogP contribution in [0.3, 0.4) is 0 Å². The monoisotopic (exact) mass is 616 g/mol. The summed E-state index contributed by atoms with van der Waals surface area (Å²) in [5.41, 5.74) is 3.17. The van der Waals surface area contributed by atoms with E-state index in [9.17, 15) is 21.8 Å². The minimum atomic E-state index is -5.51. The van der Waals surface area contributed by atoms with Gasteiger partial charge in [0, 0.05) is 4.90 Å². The van der Waals surface area contributed by atoms with Gasteiger partial charge in [0.1, 0.15) is 0 Å². The second-order valence-electron chi connectivity index (χ2n) is 11.1. The maximum atomic E-state index is 15.2. The highest BCUT2D eigenvalue weighted by atomic mass is 32.2. The fraction of sp³-hybridized carbons (Fsp3) is 0.625. The summed E-state index contributed by atoms with van der Waals surface area (Å²) in [6.07, 6.45) is 13.4. The molecule has 2 aliphatic rings. The Kier molecular flexibility index (Phi) is 12.6. The van der Waals surface area contributed by atoms with Gasteiger partial charge >= 0.3 is 10.1 Å². The summed E-state index contributed by atoms with van der Waals surface area (Å²) in [5, 5.41) is 0. The molecule has 0 aliphatic heterocycles. The van der Waals surface area contributed by atoms with Crippen LogP contribution in [0, 0.1) is 23.3 Å². The quantitative estimate of drug-likeness (QED) is 0.173. The van der Waals surface area contributed by atoms with E-state index in [1.807, 2.05) is 13.8 Å². The highest BCUT2D eigenvalue weighted by Crippen LogP contribution is 2.49.